The van der Waals surface area contributed by atoms with Crippen LogP contribution >= 0.6 is 0 Å². The fraction of sp³-hybridized carbons (Fsp3) is 0.818. The molecule has 0 saturated heterocycles. The van der Waals surface area contributed by atoms with Gasteiger partial charge in [-0.3, -0.25) is 9.59 Å². The number of aliphatic hydroxyl groups excluding tert-OH is 2. The molecule has 0 aromatic heterocycles. The van der Waals surface area contributed by atoms with E-state index < -0.39 is 22.3 Å². The number of fused-ring (bicyclic) bond motifs is 3. The molecule has 5 heteroatoms. The number of carbonyl (C=O) groups is 2. The van der Waals surface area contributed by atoms with Gasteiger partial charge in [0.15, 0.2) is 0 Å². The quantitative estimate of drug-likeness (QED) is 0.572. The van der Waals surface area contributed by atoms with E-state index >= 15 is 0 Å². The second-order valence-electron chi connectivity index (χ2n) is 10.4. The molecule has 0 aromatic rings. The van der Waals surface area contributed by atoms with Crippen molar-refractivity contribution in [3.8, 4) is 0 Å². The van der Waals surface area contributed by atoms with Gasteiger partial charge in [-0.15, -0.1) is 0 Å². The average Bonchev–Trinajstić information content (AvgIpc) is 2.94. The minimum absolute atomic E-state index is 0.00483. The topological polar surface area (TPSA) is 83.8 Å². The van der Waals surface area contributed by atoms with Crippen LogP contribution in [0.5, 0.6) is 0 Å². The van der Waals surface area contributed by atoms with Gasteiger partial charge in [-0.25, -0.2) is 0 Å². The number of carbonyl (C=O) groups excluding carboxylic acids is 2. The molecule has 2 unspecified atom stereocenters. The van der Waals surface area contributed by atoms with Gasteiger partial charge < -0.3 is 14.9 Å². The van der Waals surface area contributed by atoms with Crippen LogP contribution in [0.4, 0.5) is 0 Å². The van der Waals surface area contributed by atoms with E-state index in [2.05, 4.69) is 20.8 Å². The lowest BCUT2D eigenvalue weighted by molar-refractivity contribution is -0.233. The van der Waals surface area contributed by atoms with Crippen LogP contribution in [0.1, 0.15) is 59.8 Å². The molecule has 4 rings (SSSR count). The van der Waals surface area contributed by atoms with E-state index in [0.717, 1.165) is 12.8 Å². The van der Waals surface area contributed by atoms with Crippen molar-refractivity contribution >= 4 is 11.8 Å². The van der Waals surface area contributed by atoms with E-state index in [4.69, 9.17) is 4.74 Å². The first kappa shape index (κ1) is 19.1. The van der Waals surface area contributed by atoms with Crippen molar-refractivity contribution in [1.82, 2.24) is 0 Å². The highest BCUT2D eigenvalue weighted by Crippen LogP contribution is 2.71. The lowest BCUT2D eigenvalue weighted by atomic mass is 9.39. The van der Waals surface area contributed by atoms with E-state index in [1.54, 1.807) is 0 Å². The summed E-state index contributed by atoms with van der Waals surface area (Å²) in [6.45, 7) is 7.84. The molecule has 27 heavy (non-hydrogen) atoms. The van der Waals surface area contributed by atoms with E-state index in [1.807, 2.05) is 12.2 Å². The van der Waals surface area contributed by atoms with Crippen molar-refractivity contribution in [1.29, 1.82) is 0 Å². The Morgan fingerprint density at radius 3 is 2.59 bits per heavy atom. The van der Waals surface area contributed by atoms with Crippen LogP contribution < -0.4 is 0 Å². The Balaban J connectivity index is 1.87. The van der Waals surface area contributed by atoms with E-state index in [-0.39, 0.29) is 41.7 Å². The fourth-order valence-corrected chi connectivity index (χ4v) is 7.34. The first-order chi connectivity index (χ1) is 12.5. The summed E-state index contributed by atoms with van der Waals surface area (Å²) in [6.07, 6.45) is 6.26. The first-order valence-corrected chi connectivity index (χ1v) is 10.2. The minimum Gasteiger partial charge on any atom is -0.462 e. The standard InChI is InChI=1S/C22H32O5/c1-13(24)27-18-10-14-19(2,3)6-5-16(25)20(14,4)15-9-17(26)21(12-23)7-8-22(15,18)11-21/h7-8,14-16,18,23,25H,5-6,9-12H2,1-4H3/t14?,15?,16-,18-,20+,21+,22+/m0/s1. The van der Waals surface area contributed by atoms with Crippen molar-refractivity contribution < 1.29 is 24.5 Å². The zero-order chi connectivity index (χ0) is 19.8. The third kappa shape index (κ3) is 2.30. The number of ether oxygens (including phenoxy) is 1. The molecule has 5 nitrogen and oxygen atoms in total. The number of ketones is 1. The summed E-state index contributed by atoms with van der Waals surface area (Å²) < 4.78 is 5.86. The van der Waals surface area contributed by atoms with Gasteiger partial charge in [0, 0.05) is 24.2 Å². The van der Waals surface area contributed by atoms with Crippen LogP contribution in [0.15, 0.2) is 12.2 Å². The van der Waals surface area contributed by atoms with Crippen LogP contribution in [0.2, 0.25) is 0 Å². The van der Waals surface area contributed by atoms with Crippen molar-refractivity contribution in [2.45, 2.75) is 72.0 Å². The molecule has 7 atom stereocenters. The molecule has 4 aliphatic carbocycles. The smallest absolute Gasteiger partial charge is 0.302 e. The Hall–Kier alpha value is -1.20. The van der Waals surface area contributed by atoms with Gasteiger partial charge in [0.25, 0.3) is 0 Å². The SMILES string of the molecule is CC(=O)O[C@H]1CC2C(C)(C)CC[C@H](O)[C@@]2(C)C2CC(=O)[C@]3(CO)C=C[C@@]21C3. The predicted molar refractivity (Wildman–Crippen MR) is 99.6 cm³/mol. The van der Waals surface area contributed by atoms with E-state index in [9.17, 15) is 19.8 Å². The van der Waals surface area contributed by atoms with Gasteiger partial charge in [0.2, 0.25) is 0 Å². The van der Waals surface area contributed by atoms with Crippen molar-refractivity contribution in [3.05, 3.63) is 12.2 Å². The highest BCUT2D eigenvalue weighted by Gasteiger charge is 2.71. The molecule has 4 aliphatic rings. The summed E-state index contributed by atoms with van der Waals surface area (Å²) in [6, 6.07) is 0. The lowest BCUT2D eigenvalue weighted by Crippen LogP contribution is -2.67. The van der Waals surface area contributed by atoms with Crippen molar-refractivity contribution in [3.63, 3.8) is 0 Å². The van der Waals surface area contributed by atoms with Crippen LogP contribution in [0.25, 0.3) is 0 Å². The van der Waals surface area contributed by atoms with Crippen molar-refractivity contribution in [2.75, 3.05) is 6.61 Å². The second-order valence-corrected chi connectivity index (χ2v) is 10.4. The van der Waals surface area contributed by atoms with Gasteiger partial charge in [0.05, 0.1) is 18.1 Å². The number of Topliss-reactive ketones (excluding diaryl/α,β-unsaturated/α-hetero) is 1. The molecule has 2 N–H and O–H groups in total. The third-order valence-electron chi connectivity index (χ3n) is 8.79. The van der Waals surface area contributed by atoms with Crippen LogP contribution in [-0.4, -0.2) is 40.8 Å². The number of hydrogen-bond acceptors (Lipinski definition) is 5. The Morgan fingerprint density at radius 2 is 1.96 bits per heavy atom. The zero-order valence-corrected chi connectivity index (χ0v) is 16.8. The second kappa shape index (κ2) is 5.66. The highest BCUT2D eigenvalue weighted by molar-refractivity contribution is 5.89. The van der Waals surface area contributed by atoms with Gasteiger partial charge in [-0.1, -0.05) is 32.9 Å². The normalized spacial score (nSPS) is 50.1. The molecule has 0 radical (unpaired) electrons. The van der Waals surface area contributed by atoms with Crippen LogP contribution in [0.3, 0.4) is 0 Å². The molecule has 0 aromatic carbocycles. The third-order valence-corrected chi connectivity index (χ3v) is 8.79. The number of hydrogen-bond donors (Lipinski definition) is 2. The maximum atomic E-state index is 13.1. The largest absolute Gasteiger partial charge is 0.462 e. The molecule has 1 spiro atoms. The molecule has 0 amide bonds. The summed E-state index contributed by atoms with van der Waals surface area (Å²) >= 11 is 0. The molecule has 150 valence electrons. The first-order valence-electron chi connectivity index (χ1n) is 10.2. The summed E-state index contributed by atoms with van der Waals surface area (Å²) in [4.78, 5) is 25.0. The van der Waals surface area contributed by atoms with E-state index in [0.29, 0.717) is 19.3 Å². The molecule has 0 heterocycles. The molecular formula is C22H32O5. The van der Waals surface area contributed by atoms with Gasteiger partial charge in [-0.05, 0) is 42.9 Å². The molecule has 3 saturated carbocycles. The molecule has 0 aliphatic heterocycles. The Kier molecular flexibility index (Phi) is 4.01. The number of rotatable bonds is 2. The predicted octanol–water partition coefficient (Wildman–Crippen LogP) is 2.64. The van der Waals surface area contributed by atoms with Crippen LogP contribution in [-0.2, 0) is 14.3 Å². The summed E-state index contributed by atoms with van der Waals surface area (Å²) in [5.74, 6) is -0.179. The summed E-state index contributed by atoms with van der Waals surface area (Å²) in [5, 5.41) is 21.1. The number of aliphatic hydroxyl groups is 2. The Bertz CT molecular complexity index is 711. The summed E-state index contributed by atoms with van der Waals surface area (Å²) in [7, 11) is 0. The maximum absolute atomic E-state index is 13.1. The lowest BCUT2D eigenvalue weighted by Gasteiger charge is -2.66. The maximum Gasteiger partial charge on any atom is 0.302 e. The monoisotopic (exact) mass is 376 g/mol. The molecule has 2 bridgehead atoms. The van der Waals surface area contributed by atoms with Gasteiger partial charge in [-0.2, -0.15) is 0 Å². The summed E-state index contributed by atoms with van der Waals surface area (Å²) in [5.41, 5.74) is -1.75. The van der Waals surface area contributed by atoms with Crippen molar-refractivity contribution in [2.24, 2.45) is 33.5 Å². The molecular weight excluding hydrogens is 344 g/mol. The number of esters is 1. The zero-order valence-electron chi connectivity index (χ0n) is 16.8. The van der Waals surface area contributed by atoms with Crippen LogP contribution in [0, 0.1) is 33.5 Å². The van der Waals surface area contributed by atoms with Gasteiger partial charge >= 0.3 is 5.97 Å². The Labute approximate surface area is 161 Å². The average molecular weight is 376 g/mol. The Morgan fingerprint density at radius 1 is 1.26 bits per heavy atom. The highest BCUT2D eigenvalue weighted by atomic mass is 16.5. The fourth-order valence-electron chi connectivity index (χ4n) is 7.34. The van der Waals surface area contributed by atoms with Gasteiger partial charge in [0.1, 0.15) is 11.9 Å². The van der Waals surface area contributed by atoms with E-state index in [1.165, 1.54) is 6.92 Å². The minimum atomic E-state index is -0.854. The molecule has 3 fully saturated rings.